The van der Waals surface area contributed by atoms with Gasteiger partial charge in [0.15, 0.2) is 0 Å². The number of phosphoric ester groups is 1. The molecule has 0 aliphatic heterocycles. The average molecular weight is 186 g/mol. The van der Waals surface area contributed by atoms with Crippen molar-refractivity contribution in [2.45, 2.75) is 6.92 Å². The van der Waals surface area contributed by atoms with Crippen LogP contribution in [0.2, 0.25) is 0 Å². The predicted octanol–water partition coefficient (Wildman–Crippen LogP) is 0.203. The van der Waals surface area contributed by atoms with E-state index in [0.717, 1.165) is 5.56 Å². The van der Waals surface area contributed by atoms with Crippen molar-refractivity contribution in [1.29, 1.82) is 0 Å². The highest BCUT2D eigenvalue weighted by atomic mass is 31.2. The first kappa shape index (κ1) is 9.26. The third-order valence-corrected chi connectivity index (χ3v) is 1.67. The zero-order valence-corrected chi connectivity index (χ0v) is 7.28. The van der Waals surface area contributed by atoms with Gasteiger partial charge in [0.05, 0.1) is 0 Å². The molecule has 0 spiro atoms. The van der Waals surface area contributed by atoms with Gasteiger partial charge in [-0.25, -0.2) is 0 Å². The Morgan fingerprint density at radius 3 is 2.17 bits per heavy atom. The van der Waals surface area contributed by atoms with Crippen molar-refractivity contribution in [3.05, 3.63) is 29.8 Å². The molecule has 0 aromatic heterocycles. The summed E-state index contributed by atoms with van der Waals surface area (Å²) in [6.45, 7) is 1.85. The van der Waals surface area contributed by atoms with Crippen LogP contribution in [0.1, 0.15) is 5.56 Å². The topological polar surface area (TPSA) is 72.4 Å². The first-order valence-electron chi connectivity index (χ1n) is 3.26. The monoisotopic (exact) mass is 186 g/mol. The van der Waals surface area contributed by atoms with Gasteiger partial charge in [-0.2, -0.15) is 0 Å². The number of aryl methyl sites for hydroxylation is 1. The summed E-state index contributed by atoms with van der Waals surface area (Å²) in [5, 5.41) is 0. The second-order valence-electron chi connectivity index (χ2n) is 2.35. The first-order chi connectivity index (χ1) is 5.47. The second-order valence-corrected chi connectivity index (χ2v) is 3.43. The summed E-state index contributed by atoms with van der Waals surface area (Å²) in [6, 6.07) is 6.17. The van der Waals surface area contributed by atoms with Crippen molar-refractivity contribution in [2.24, 2.45) is 0 Å². The summed E-state index contributed by atoms with van der Waals surface area (Å²) in [7, 11) is -4.90. The van der Waals surface area contributed by atoms with Crippen LogP contribution < -0.4 is 14.3 Å². The van der Waals surface area contributed by atoms with Crippen LogP contribution in [0.3, 0.4) is 0 Å². The van der Waals surface area contributed by atoms with Crippen molar-refractivity contribution in [3.63, 3.8) is 0 Å². The van der Waals surface area contributed by atoms with Gasteiger partial charge in [0.25, 0.3) is 0 Å². The molecule has 1 aromatic carbocycles. The second kappa shape index (κ2) is 3.27. The minimum absolute atomic E-state index is 0.0499. The Balaban J connectivity index is 2.78. The molecule has 0 unspecified atom stereocenters. The molecule has 0 radical (unpaired) electrons. The molecule has 0 heterocycles. The molecular formula is C7H7O4P-2. The van der Waals surface area contributed by atoms with Crippen LogP contribution in [0.15, 0.2) is 24.3 Å². The lowest BCUT2D eigenvalue weighted by molar-refractivity contribution is -0.333. The Hall–Kier alpha value is -0.830. The van der Waals surface area contributed by atoms with Crippen molar-refractivity contribution in [2.75, 3.05) is 0 Å². The van der Waals surface area contributed by atoms with Crippen molar-refractivity contribution >= 4 is 7.82 Å². The Bertz CT molecular complexity index is 300. The lowest BCUT2D eigenvalue weighted by atomic mass is 10.2. The fourth-order valence-electron chi connectivity index (χ4n) is 0.728. The van der Waals surface area contributed by atoms with Gasteiger partial charge >= 0.3 is 0 Å². The molecule has 0 bridgehead atoms. The van der Waals surface area contributed by atoms with E-state index in [-0.39, 0.29) is 5.75 Å². The quantitative estimate of drug-likeness (QED) is 0.618. The maximum absolute atomic E-state index is 10.1. The molecule has 4 nitrogen and oxygen atoms in total. The fourth-order valence-corrected chi connectivity index (χ4v) is 1.11. The smallest absolute Gasteiger partial charge is 0.124 e. The molecule has 0 atom stereocenters. The van der Waals surface area contributed by atoms with Crippen LogP contribution in [-0.2, 0) is 4.57 Å². The minimum Gasteiger partial charge on any atom is -0.780 e. The fraction of sp³-hybridized carbons (Fsp3) is 0.143. The summed E-state index contributed by atoms with van der Waals surface area (Å²) in [5.41, 5.74) is 0.967. The number of hydrogen-bond acceptors (Lipinski definition) is 4. The zero-order chi connectivity index (χ0) is 9.19. The van der Waals surface area contributed by atoms with Gasteiger partial charge in [0.1, 0.15) is 13.6 Å². The Morgan fingerprint density at radius 1 is 1.25 bits per heavy atom. The van der Waals surface area contributed by atoms with Crippen LogP contribution in [0.25, 0.3) is 0 Å². The summed E-state index contributed by atoms with van der Waals surface area (Å²) in [5.74, 6) is 0.0499. The molecular weight excluding hydrogens is 179 g/mol. The van der Waals surface area contributed by atoms with Crippen molar-refractivity contribution in [3.8, 4) is 5.75 Å². The molecule has 0 fully saturated rings. The van der Waals surface area contributed by atoms with E-state index in [2.05, 4.69) is 4.52 Å². The van der Waals surface area contributed by atoms with Crippen molar-refractivity contribution in [1.82, 2.24) is 0 Å². The minimum atomic E-state index is -4.90. The molecule has 0 saturated carbocycles. The predicted molar refractivity (Wildman–Crippen MR) is 39.4 cm³/mol. The largest absolute Gasteiger partial charge is 0.780 e. The Kier molecular flexibility index (Phi) is 2.52. The molecule has 0 aliphatic carbocycles. The van der Waals surface area contributed by atoms with E-state index < -0.39 is 7.82 Å². The first-order valence-corrected chi connectivity index (χ1v) is 4.72. The van der Waals surface area contributed by atoms with Crippen LogP contribution in [0.5, 0.6) is 5.75 Å². The number of phosphoric acid groups is 1. The number of benzene rings is 1. The van der Waals surface area contributed by atoms with E-state index >= 15 is 0 Å². The highest BCUT2D eigenvalue weighted by Gasteiger charge is 1.94. The van der Waals surface area contributed by atoms with Gasteiger partial charge in [-0.05, 0) is 19.1 Å². The van der Waals surface area contributed by atoms with Gasteiger partial charge in [-0.15, -0.1) is 0 Å². The summed E-state index contributed by atoms with van der Waals surface area (Å²) >= 11 is 0. The van der Waals surface area contributed by atoms with E-state index in [0.29, 0.717) is 0 Å². The van der Waals surface area contributed by atoms with Gasteiger partial charge in [-0.3, -0.25) is 0 Å². The molecule has 66 valence electrons. The van der Waals surface area contributed by atoms with E-state index in [9.17, 15) is 14.4 Å². The molecule has 1 aromatic rings. The van der Waals surface area contributed by atoms with E-state index in [1.165, 1.54) is 12.1 Å². The summed E-state index contributed by atoms with van der Waals surface area (Å²) in [4.78, 5) is 20.3. The maximum atomic E-state index is 10.1. The number of rotatable bonds is 2. The van der Waals surface area contributed by atoms with Gasteiger partial charge < -0.3 is 18.9 Å². The van der Waals surface area contributed by atoms with Gasteiger partial charge in [-0.1, -0.05) is 17.7 Å². The van der Waals surface area contributed by atoms with Gasteiger partial charge in [0.2, 0.25) is 0 Å². The molecule has 0 saturated heterocycles. The molecule has 5 heteroatoms. The SMILES string of the molecule is Cc1ccc(OP(=O)([O-])[O-])cc1. The normalized spacial score (nSPS) is 11.2. The zero-order valence-electron chi connectivity index (χ0n) is 6.39. The Labute approximate surface area is 70.0 Å². The Morgan fingerprint density at radius 2 is 1.75 bits per heavy atom. The maximum Gasteiger partial charge on any atom is 0.124 e. The number of hydrogen-bond donors (Lipinski definition) is 0. The highest BCUT2D eigenvalue weighted by Crippen LogP contribution is 2.28. The summed E-state index contributed by atoms with van der Waals surface area (Å²) < 4.78 is 14.2. The molecule has 0 N–H and O–H groups in total. The summed E-state index contributed by atoms with van der Waals surface area (Å²) in [6.07, 6.45) is 0. The molecule has 1 rings (SSSR count). The van der Waals surface area contributed by atoms with E-state index in [4.69, 9.17) is 0 Å². The van der Waals surface area contributed by atoms with E-state index in [1.54, 1.807) is 12.1 Å². The molecule has 0 amide bonds. The van der Waals surface area contributed by atoms with Crippen LogP contribution in [-0.4, -0.2) is 0 Å². The van der Waals surface area contributed by atoms with E-state index in [1.807, 2.05) is 6.92 Å². The molecule has 0 aliphatic rings. The lowest BCUT2D eigenvalue weighted by Gasteiger charge is -2.28. The third kappa shape index (κ3) is 3.05. The standard InChI is InChI=1S/C7H9O4P/c1-6-2-4-7(5-3-6)11-12(8,9)10/h2-5H,1H3,(H2,8,9,10)/p-2. The molecule has 12 heavy (non-hydrogen) atoms. The van der Waals surface area contributed by atoms with Crippen molar-refractivity contribution < 1.29 is 18.9 Å². The van der Waals surface area contributed by atoms with Gasteiger partial charge in [0, 0.05) is 0 Å². The van der Waals surface area contributed by atoms with Crippen LogP contribution in [0.4, 0.5) is 0 Å². The lowest BCUT2D eigenvalue weighted by Crippen LogP contribution is -2.18. The third-order valence-electron chi connectivity index (χ3n) is 1.24. The van der Waals surface area contributed by atoms with Crippen LogP contribution >= 0.6 is 7.82 Å². The highest BCUT2D eigenvalue weighted by molar-refractivity contribution is 7.43. The average Bonchev–Trinajstić information content (AvgIpc) is 1.91. The van der Waals surface area contributed by atoms with Crippen LogP contribution in [0, 0.1) is 6.92 Å².